The number of aromatic amines is 1. The fourth-order valence-electron chi connectivity index (χ4n) is 4.52. The Balaban J connectivity index is 0.000000189. The lowest BCUT2D eigenvalue weighted by Crippen LogP contribution is -2.23. The van der Waals surface area contributed by atoms with Crippen LogP contribution in [0.25, 0.3) is 10.9 Å². The van der Waals surface area contributed by atoms with Crippen LogP contribution >= 0.6 is 0 Å². The van der Waals surface area contributed by atoms with Crippen LogP contribution in [0.3, 0.4) is 0 Å². The third-order valence-corrected chi connectivity index (χ3v) is 7.27. The second-order valence-corrected chi connectivity index (χ2v) is 13.5. The quantitative estimate of drug-likeness (QED) is 0.377. The average molecular weight is 476 g/mol. The van der Waals surface area contributed by atoms with E-state index in [9.17, 15) is 0 Å². The summed E-state index contributed by atoms with van der Waals surface area (Å²) >= 11 is 0. The number of fused-ring (bicyclic) bond motifs is 1. The van der Waals surface area contributed by atoms with E-state index in [4.69, 9.17) is 0 Å². The molecule has 1 heteroatoms. The molecule has 1 N–H and O–H groups in total. The van der Waals surface area contributed by atoms with Gasteiger partial charge in [0.1, 0.15) is 0 Å². The molecule has 1 heterocycles. The summed E-state index contributed by atoms with van der Waals surface area (Å²) in [4.78, 5) is 3.31. The Hall–Kier alpha value is -2.02. The summed E-state index contributed by atoms with van der Waals surface area (Å²) in [7, 11) is 0. The van der Waals surface area contributed by atoms with Crippen molar-refractivity contribution in [1.82, 2.24) is 4.98 Å². The number of rotatable bonds is 5. The average Bonchev–Trinajstić information content (AvgIpc) is 3.12. The number of nitrogens with one attached hydrogen (secondary N) is 1. The minimum atomic E-state index is 0.352. The van der Waals surface area contributed by atoms with Gasteiger partial charge in [-0.2, -0.15) is 0 Å². The van der Waals surface area contributed by atoms with Crippen LogP contribution in [0.5, 0.6) is 0 Å². The standard InChI is InChI=1S/C13H17N.C11H22.C10H14/c1-13(2,3)8-10-9-14-12-7-5-4-6-11(10)12;1-9(11(2,3)4)8-10-6-5-7-10;1-9(2)8-10-6-4-3-5-7-10/h4-7,9,14H,8H2,1-3H3;9-10H,5-8H2,1-4H3;3-7,9H,8H2,1-2H3. The van der Waals surface area contributed by atoms with Crippen LogP contribution in [-0.4, -0.2) is 4.98 Å². The van der Waals surface area contributed by atoms with Gasteiger partial charge in [0.2, 0.25) is 0 Å². The monoisotopic (exact) mass is 475 g/mol. The Morgan fingerprint density at radius 3 is 1.94 bits per heavy atom. The van der Waals surface area contributed by atoms with Crippen molar-refractivity contribution in [3.8, 4) is 0 Å². The molecule has 0 spiro atoms. The highest BCUT2D eigenvalue weighted by molar-refractivity contribution is 5.83. The minimum Gasteiger partial charge on any atom is -0.361 e. The molecule has 0 radical (unpaired) electrons. The van der Waals surface area contributed by atoms with Gasteiger partial charge in [-0.05, 0) is 65.0 Å². The summed E-state index contributed by atoms with van der Waals surface area (Å²) in [5, 5.41) is 1.36. The molecule has 3 aromatic rings. The van der Waals surface area contributed by atoms with E-state index in [0.29, 0.717) is 10.8 Å². The van der Waals surface area contributed by atoms with Gasteiger partial charge < -0.3 is 4.98 Å². The molecular formula is C34H53N. The van der Waals surface area contributed by atoms with Crippen LogP contribution in [0.4, 0.5) is 0 Å². The number of H-pyrrole nitrogens is 1. The maximum atomic E-state index is 3.31. The van der Waals surface area contributed by atoms with Crippen LogP contribution in [-0.2, 0) is 12.8 Å². The molecule has 1 fully saturated rings. The van der Waals surface area contributed by atoms with Gasteiger partial charge in [-0.15, -0.1) is 0 Å². The molecular weight excluding hydrogens is 422 g/mol. The maximum absolute atomic E-state index is 3.31. The number of hydrogen-bond donors (Lipinski definition) is 1. The van der Waals surface area contributed by atoms with Crippen molar-refractivity contribution in [2.75, 3.05) is 0 Å². The second kappa shape index (κ2) is 13.3. The van der Waals surface area contributed by atoms with Gasteiger partial charge in [0, 0.05) is 17.1 Å². The Bertz CT molecular complexity index is 961. The lowest BCUT2D eigenvalue weighted by atomic mass is 9.72. The topological polar surface area (TPSA) is 15.8 Å². The molecule has 0 amide bonds. The van der Waals surface area contributed by atoms with Gasteiger partial charge in [-0.3, -0.25) is 0 Å². The van der Waals surface area contributed by atoms with E-state index >= 15 is 0 Å². The number of benzene rings is 2. The van der Waals surface area contributed by atoms with Crippen molar-refractivity contribution in [2.45, 2.75) is 101 Å². The Labute approximate surface area is 217 Å². The largest absolute Gasteiger partial charge is 0.361 e. The lowest BCUT2D eigenvalue weighted by molar-refractivity contribution is 0.171. The van der Waals surface area contributed by atoms with Crippen molar-refractivity contribution in [1.29, 1.82) is 0 Å². The third-order valence-electron chi connectivity index (χ3n) is 7.27. The zero-order valence-corrected chi connectivity index (χ0v) is 24.2. The van der Waals surface area contributed by atoms with E-state index in [0.717, 1.165) is 24.2 Å². The molecule has 194 valence electrons. The summed E-state index contributed by atoms with van der Waals surface area (Å²) in [6.45, 7) is 20.8. The molecule has 1 unspecified atom stereocenters. The predicted molar refractivity (Wildman–Crippen MR) is 157 cm³/mol. The molecule has 0 aliphatic heterocycles. The van der Waals surface area contributed by atoms with Crippen LogP contribution in [0.2, 0.25) is 0 Å². The first-order valence-corrected chi connectivity index (χ1v) is 13.9. The second-order valence-electron chi connectivity index (χ2n) is 13.5. The summed E-state index contributed by atoms with van der Waals surface area (Å²) < 4.78 is 0. The highest BCUT2D eigenvalue weighted by Gasteiger charge is 2.26. The van der Waals surface area contributed by atoms with Crippen molar-refractivity contribution in [2.24, 2.45) is 28.6 Å². The summed E-state index contributed by atoms with van der Waals surface area (Å²) in [5.41, 5.74) is 4.98. The zero-order chi connectivity index (χ0) is 26.1. The highest BCUT2D eigenvalue weighted by Crippen LogP contribution is 2.38. The number of aromatic nitrogens is 1. The van der Waals surface area contributed by atoms with Gasteiger partial charge >= 0.3 is 0 Å². The molecule has 1 aliphatic carbocycles. The molecule has 1 aliphatic rings. The molecule has 1 atom stereocenters. The smallest absolute Gasteiger partial charge is 0.0456 e. The van der Waals surface area contributed by atoms with Crippen LogP contribution in [0.1, 0.15) is 99.1 Å². The fraction of sp³-hybridized carbons (Fsp3) is 0.588. The van der Waals surface area contributed by atoms with Gasteiger partial charge in [-0.1, -0.05) is 130 Å². The normalized spacial score (nSPS) is 15.0. The Morgan fingerprint density at radius 2 is 1.43 bits per heavy atom. The van der Waals surface area contributed by atoms with Crippen molar-refractivity contribution >= 4 is 10.9 Å². The van der Waals surface area contributed by atoms with E-state index in [1.807, 2.05) is 0 Å². The third kappa shape index (κ3) is 11.1. The summed E-state index contributed by atoms with van der Waals surface area (Å²) in [5.74, 6) is 2.74. The van der Waals surface area contributed by atoms with Gasteiger partial charge in [0.15, 0.2) is 0 Å². The highest BCUT2D eigenvalue weighted by atomic mass is 14.7. The Kier molecular flexibility index (Phi) is 11.1. The zero-order valence-electron chi connectivity index (χ0n) is 24.2. The minimum absolute atomic E-state index is 0.352. The first-order chi connectivity index (χ1) is 16.3. The van der Waals surface area contributed by atoms with Crippen LogP contribution in [0, 0.1) is 28.6 Å². The first kappa shape index (κ1) is 29.2. The molecule has 2 aromatic carbocycles. The van der Waals surface area contributed by atoms with Crippen molar-refractivity contribution in [3.05, 3.63) is 71.9 Å². The fourth-order valence-corrected chi connectivity index (χ4v) is 4.52. The van der Waals surface area contributed by atoms with Gasteiger partial charge in [-0.25, -0.2) is 0 Å². The van der Waals surface area contributed by atoms with Crippen molar-refractivity contribution < 1.29 is 0 Å². The summed E-state index contributed by atoms with van der Waals surface area (Å²) in [6, 6.07) is 19.1. The van der Waals surface area contributed by atoms with E-state index in [-0.39, 0.29) is 0 Å². The van der Waals surface area contributed by atoms with E-state index in [2.05, 4.69) is 128 Å². The lowest BCUT2D eigenvalue weighted by Gasteiger charge is -2.34. The SMILES string of the molecule is CC(C)(C)Cc1c[nH]c2ccccc12.CC(C)Cc1ccccc1.CC(CC1CCC1)C(C)(C)C. The number of hydrogen-bond acceptors (Lipinski definition) is 0. The van der Waals surface area contributed by atoms with E-state index in [1.54, 1.807) is 0 Å². The molecule has 35 heavy (non-hydrogen) atoms. The van der Waals surface area contributed by atoms with Gasteiger partial charge in [0.25, 0.3) is 0 Å². The van der Waals surface area contributed by atoms with E-state index in [1.165, 1.54) is 54.1 Å². The molecule has 1 saturated carbocycles. The molecule has 0 bridgehead atoms. The molecule has 0 saturated heterocycles. The van der Waals surface area contributed by atoms with E-state index < -0.39 is 0 Å². The first-order valence-electron chi connectivity index (χ1n) is 13.9. The number of para-hydroxylation sites is 1. The van der Waals surface area contributed by atoms with Gasteiger partial charge in [0.05, 0.1) is 0 Å². The van der Waals surface area contributed by atoms with Crippen molar-refractivity contribution in [3.63, 3.8) is 0 Å². The molecule has 1 aromatic heterocycles. The Morgan fingerprint density at radius 1 is 0.829 bits per heavy atom. The van der Waals surface area contributed by atoms with Crippen LogP contribution < -0.4 is 0 Å². The van der Waals surface area contributed by atoms with Crippen LogP contribution in [0.15, 0.2) is 60.8 Å². The summed E-state index contributed by atoms with van der Waals surface area (Å²) in [6.07, 6.45) is 10.4. The predicted octanol–water partition coefficient (Wildman–Crippen LogP) is 10.5. The maximum Gasteiger partial charge on any atom is 0.0456 e. The molecule has 4 rings (SSSR count). The molecule has 1 nitrogen and oxygen atoms in total.